The summed E-state index contributed by atoms with van der Waals surface area (Å²) in [6.07, 6.45) is 1.05. The maximum absolute atomic E-state index is 2.16. The minimum atomic E-state index is 0. The van der Waals surface area contributed by atoms with E-state index in [0.717, 1.165) is 6.42 Å². The first kappa shape index (κ1) is 22.9. The predicted molar refractivity (Wildman–Crippen MR) is 81.9 cm³/mol. The van der Waals surface area contributed by atoms with Crippen LogP contribution in [0.15, 0.2) is 84.9 Å². The molecule has 0 atom stereocenters. The average Bonchev–Trinajstić information content (AvgIpc) is 3.18. The second kappa shape index (κ2) is 16.0. The Morgan fingerprint density at radius 3 is 1.76 bits per heavy atom. The van der Waals surface area contributed by atoms with Crippen molar-refractivity contribution in [2.75, 3.05) is 0 Å². The summed E-state index contributed by atoms with van der Waals surface area (Å²) in [6, 6.07) is 29.0. The quantitative estimate of drug-likeness (QED) is 0.322. The minimum Gasteiger partial charge on any atom is -0.214 e. The van der Waals surface area contributed by atoms with Crippen LogP contribution in [-0.2, 0) is 29.8 Å². The van der Waals surface area contributed by atoms with Crippen LogP contribution in [0.25, 0.3) is 0 Å². The second-order valence-electron chi connectivity index (χ2n) is 3.92. The Hall–Kier alpha value is -0.400. The largest absolute Gasteiger partial charge is 0.214 e. The Labute approximate surface area is 156 Å². The van der Waals surface area contributed by atoms with Gasteiger partial charge in [-0.3, -0.25) is 0 Å². The van der Waals surface area contributed by atoms with Gasteiger partial charge in [-0.15, -0.1) is 0 Å². The van der Waals surface area contributed by atoms with Crippen molar-refractivity contribution in [2.45, 2.75) is 6.42 Å². The van der Waals surface area contributed by atoms with Gasteiger partial charge in [-0.1, -0.05) is 35.9 Å². The number of halogens is 2. The van der Waals surface area contributed by atoms with Gasteiger partial charge in [-0.25, -0.2) is 24.3 Å². The van der Waals surface area contributed by atoms with E-state index in [4.69, 9.17) is 0 Å². The zero-order valence-corrected chi connectivity index (χ0v) is 17.1. The summed E-state index contributed by atoms with van der Waals surface area (Å²) in [6.45, 7) is 1.95. The number of rotatable bonds is 2. The van der Waals surface area contributed by atoms with Crippen molar-refractivity contribution >= 4 is 6.88 Å². The molecule has 0 radical (unpaired) electrons. The molecule has 3 aromatic carbocycles. The molecule has 3 aromatic rings. The molecule has 0 aliphatic heterocycles. The van der Waals surface area contributed by atoms with Crippen LogP contribution in [0.1, 0.15) is 11.1 Å². The van der Waals surface area contributed by atoms with Crippen molar-refractivity contribution in [3.05, 3.63) is 96.1 Å². The molecule has 0 saturated carbocycles. The van der Waals surface area contributed by atoms with Crippen LogP contribution in [0, 0.1) is 0 Å². The van der Waals surface area contributed by atoms with Gasteiger partial charge in [0.05, 0.1) is 0 Å². The van der Waals surface area contributed by atoms with Crippen LogP contribution in [0.5, 0.6) is 0 Å². The molecule has 3 rings (SSSR count). The zero-order chi connectivity index (χ0) is 13.8. The minimum absolute atomic E-state index is 0. The maximum atomic E-state index is 2.16. The van der Waals surface area contributed by atoms with E-state index < -0.39 is 0 Å². The Kier molecular flexibility index (Phi) is 17.4. The molecule has 4 heteroatoms. The van der Waals surface area contributed by atoms with Gasteiger partial charge in [0.25, 0.3) is 0 Å². The predicted octanol–water partition coefficient (Wildman–Crippen LogP) is -2.51. The first-order chi connectivity index (χ1) is 9.45. The van der Waals surface area contributed by atoms with Gasteiger partial charge in [0.15, 0.2) is 0 Å². The zero-order valence-electron chi connectivity index (χ0n) is 11.8. The fraction of sp³-hybridized carbons (Fsp3) is 0.0588. The summed E-state index contributed by atoms with van der Waals surface area (Å²) in [5.74, 6) is 0. The van der Waals surface area contributed by atoms with Crippen LogP contribution in [0.3, 0.4) is 0 Å². The third-order valence-electron chi connectivity index (χ3n) is 2.54. The average molecular weight is 413 g/mol. The second-order valence-corrected chi connectivity index (χ2v) is 3.92. The van der Waals surface area contributed by atoms with E-state index in [2.05, 4.69) is 54.6 Å². The Morgan fingerprint density at radius 1 is 0.810 bits per heavy atom. The topological polar surface area (TPSA) is 0 Å². The van der Waals surface area contributed by atoms with E-state index in [1.807, 2.05) is 37.2 Å². The molecule has 0 unspecified atom stereocenters. The molecule has 0 amide bonds. The molecule has 0 heterocycles. The van der Waals surface area contributed by atoms with Gasteiger partial charge >= 0.3 is 30.2 Å². The molecule has 110 valence electrons. The molecule has 0 saturated heterocycles. The van der Waals surface area contributed by atoms with Crippen LogP contribution < -0.4 is 24.8 Å². The molecule has 0 aliphatic carbocycles. The van der Waals surface area contributed by atoms with Crippen molar-refractivity contribution in [1.82, 2.24) is 0 Å². The summed E-state index contributed by atoms with van der Waals surface area (Å²) < 4.78 is 0. The standard InChI is InChI=1S/C12H11.C5H5.2ClH.H2Si.Zr/c1-2-6-11(7-3-1)10-12-8-4-5-9-12;1-2-4-5-3-1;;;;/h1-9H,10H2;1-5H;2*1H;1H2;/q2*-1;;;;+2/p-2. The SMILES string of the molecule is [Cl-].[Cl-].[SiH2]=[Zr+2].c1cc[cH-]c1.c1ccc(C[c-]2cccc2)cc1. The fourth-order valence-corrected chi connectivity index (χ4v) is 1.68. The molecule has 0 bridgehead atoms. The van der Waals surface area contributed by atoms with Gasteiger partial charge in [-0.2, -0.15) is 35.9 Å². The third-order valence-corrected chi connectivity index (χ3v) is 2.54. The summed E-state index contributed by atoms with van der Waals surface area (Å²) in [5, 5.41) is 0. The normalized spacial score (nSPS) is 7.90. The Balaban J connectivity index is 0. The molecule has 0 spiro atoms. The van der Waals surface area contributed by atoms with Crippen LogP contribution in [-0.4, -0.2) is 6.88 Å². The van der Waals surface area contributed by atoms with E-state index in [-0.39, 0.29) is 24.8 Å². The molecular weight excluding hydrogens is 394 g/mol. The van der Waals surface area contributed by atoms with Gasteiger partial charge in [0.2, 0.25) is 0 Å². The number of hydrogen-bond acceptors (Lipinski definition) is 0. The molecular formula is C17H18Cl2SiZr-2. The Morgan fingerprint density at radius 2 is 1.33 bits per heavy atom. The first-order valence-electron chi connectivity index (χ1n) is 6.22. The van der Waals surface area contributed by atoms with Crippen LogP contribution in [0.2, 0.25) is 0 Å². The van der Waals surface area contributed by atoms with Crippen molar-refractivity contribution < 1.29 is 48.1 Å². The Bertz CT molecular complexity index is 490. The van der Waals surface area contributed by atoms with Crippen molar-refractivity contribution in [1.29, 1.82) is 0 Å². The fourth-order valence-electron chi connectivity index (χ4n) is 1.68. The summed E-state index contributed by atoms with van der Waals surface area (Å²) in [4.78, 5) is 0. The van der Waals surface area contributed by atoms with Crippen LogP contribution in [0.4, 0.5) is 0 Å². The van der Waals surface area contributed by atoms with Crippen LogP contribution >= 0.6 is 0 Å². The van der Waals surface area contributed by atoms with E-state index in [9.17, 15) is 0 Å². The number of hydrogen-bond donors (Lipinski definition) is 0. The van der Waals surface area contributed by atoms with E-state index in [1.165, 1.54) is 11.1 Å². The molecule has 0 N–H and O–H groups in total. The van der Waals surface area contributed by atoms with E-state index in [1.54, 1.807) is 23.3 Å². The molecule has 21 heavy (non-hydrogen) atoms. The third kappa shape index (κ3) is 10.9. The number of benzene rings is 1. The van der Waals surface area contributed by atoms with Crippen molar-refractivity contribution in [3.63, 3.8) is 0 Å². The summed E-state index contributed by atoms with van der Waals surface area (Å²) >= 11 is 1.58. The maximum Gasteiger partial charge on any atom is -0.0485 e. The summed E-state index contributed by atoms with van der Waals surface area (Å²) in [7, 11) is 0. The summed E-state index contributed by atoms with van der Waals surface area (Å²) in [5.41, 5.74) is 2.77. The molecule has 0 nitrogen and oxygen atoms in total. The van der Waals surface area contributed by atoms with Gasteiger partial charge in [0.1, 0.15) is 0 Å². The first-order valence-corrected chi connectivity index (χ1v) is 12.1. The molecule has 0 fully saturated rings. The molecule has 0 aromatic heterocycles. The molecule has 0 aliphatic rings. The van der Waals surface area contributed by atoms with Crippen molar-refractivity contribution in [3.8, 4) is 0 Å². The van der Waals surface area contributed by atoms with Gasteiger partial charge in [-0.05, 0) is 6.42 Å². The van der Waals surface area contributed by atoms with E-state index >= 15 is 0 Å². The van der Waals surface area contributed by atoms with E-state index in [0.29, 0.717) is 0 Å². The van der Waals surface area contributed by atoms with Gasteiger partial charge < -0.3 is 24.8 Å². The van der Waals surface area contributed by atoms with Crippen molar-refractivity contribution in [2.24, 2.45) is 0 Å². The monoisotopic (exact) mass is 410 g/mol. The van der Waals surface area contributed by atoms with Gasteiger partial charge in [0, 0.05) is 0 Å². The smallest absolute Gasteiger partial charge is 0.0485 e.